The summed E-state index contributed by atoms with van der Waals surface area (Å²) in [4.78, 5) is 13.0. The average molecular weight is 222 g/mol. The first-order valence-corrected chi connectivity index (χ1v) is 5.65. The number of carbonyl (C=O) groups excluding carboxylic acids is 1. The lowest BCUT2D eigenvalue weighted by molar-refractivity contribution is -0.129. The second-order valence-electron chi connectivity index (χ2n) is 4.46. The van der Waals surface area contributed by atoms with Crippen LogP contribution in [0.15, 0.2) is 12.3 Å². The molecule has 1 aromatic heterocycles. The van der Waals surface area contributed by atoms with Crippen LogP contribution < -0.4 is 5.32 Å². The summed E-state index contributed by atoms with van der Waals surface area (Å²) < 4.78 is 1.67. The number of hydrogen-bond acceptors (Lipinski definition) is 3. The van der Waals surface area contributed by atoms with Gasteiger partial charge in [-0.3, -0.25) is 9.48 Å². The third-order valence-electron chi connectivity index (χ3n) is 2.89. The molecule has 0 bridgehead atoms. The van der Waals surface area contributed by atoms with E-state index in [0.717, 1.165) is 5.82 Å². The van der Waals surface area contributed by atoms with E-state index in [2.05, 4.69) is 10.4 Å². The molecule has 1 saturated carbocycles. The van der Waals surface area contributed by atoms with Gasteiger partial charge in [0.25, 0.3) is 0 Å². The van der Waals surface area contributed by atoms with Gasteiger partial charge in [-0.1, -0.05) is 0 Å². The number of amides is 1. The summed E-state index contributed by atoms with van der Waals surface area (Å²) in [7, 11) is 3.50. The number of nitrogens with one attached hydrogen (secondary N) is 1. The molecule has 88 valence electrons. The quantitative estimate of drug-likeness (QED) is 0.824. The van der Waals surface area contributed by atoms with Gasteiger partial charge in [0.05, 0.1) is 0 Å². The smallest absolute Gasteiger partial charge is 0.243 e. The van der Waals surface area contributed by atoms with Crippen molar-refractivity contribution in [3.8, 4) is 0 Å². The van der Waals surface area contributed by atoms with Crippen LogP contribution in [0.2, 0.25) is 0 Å². The number of nitrogens with zero attached hydrogens (tertiary/aromatic N) is 3. The zero-order chi connectivity index (χ0) is 11.5. The highest BCUT2D eigenvalue weighted by Gasteiger charge is 2.17. The van der Waals surface area contributed by atoms with E-state index in [1.165, 1.54) is 19.3 Å². The van der Waals surface area contributed by atoms with Gasteiger partial charge in [-0.2, -0.15) is 5.10 Å². The zero-order valence-electron chi connectivity index (χ0n) is 9.81. The molecule has 0 aromatic carbocycles. The number of likely N-dealkylation sites (N-methyl/N-ethyl adjacent to an activating group) is 1. The summed E-state index contributed by atoms with van der Waals surface area (Å²) in [6, 6.07) is 2.49. The third kappa shape index (κ3) is 2.53. The van der Waals surface area contributed by atoms with Gasteiger partial charge in [0.1, 0.15) is 12.4 Å². The van der Waals surface area contributed by atoms with Gasteiger partial charge in [-0.05, 0) is 19.3 Å². The molecule has 1 amide bonds. The number of rotatable bonds is 4. The predicted molar refractivity (Wildman–Crippen MR) is 62.2 cm³/mol. The molecule has 0 spiro atoms. The largest absolute Gasteiger partial charge is 0.366 e. The molecule has 1 aliphatic carbocycles. The molecule has 0 saturated heterocycles. The van der Waals surface area contributed by atoms with Crippen molar-refractivity contribution in [2.75, 3.05) is 19.4 Å². The SMILES string of the molecule is CN(C)C(=O)Cn1ccc(NC2CCC2)n1. The third-order valence-corrected chi connectivity index (χ3v) is 2.89. The second-order valence-corrected chi connectivity index (χ2v) is 4.46. The average Bonchev–Trinajstić information content (AvgIpc) is 2.59. The van der Waals surface area contributed by atoms with Gasteiger partial charge in [0.2, 0.25) is 5.91 Å². The number of hydrogen-bond donors (Lipinski definition) is 1. The minimum atomic E-state index is 0.0540. The summed E-state index contributed by atoms with van der Waals surface area (Å²) in [6.07, 6.45) is 5.59. The van der Waals surface area contributed by atoms with Gasteiger partial charge in [-0.25, -0.2) is 0 Å². The van der Waals surface area contributed by atoms with Crippen LogP contribution in [-0.4, -0.2) is 40.7 Å². The Morgan fingerprint density at radius 3 is 2.94 bits per heavy atom. The Balaban J connectivity index is 1.88. The Bertz CT molecular complexity index is 368. The van der Waals surface area contributed by atoms with Crippen molar-refractivity contribution in [2.45, 2.75) is 31.8 Å². The highest BCUT2D eigenvalue weighted by atomic mass is 16.2. The minimum Gasteiger partial charge on any atom is -0.366 e. The molecule has 5 heteroatoms. The van der Waals surface area contributed by atoms with E-state index in [9.17, 15) is 4.79 Å². The van der Waals surface area contributed by atoms with Crippen LogP contribution in [0.5, 0.6) is 0 Å². The lowest BCUT2D eigenvalue weighted by Gasteiger charge is -2.26. The first-order chi connectivity index (χ1) is 7.65. The van der Waals surface area contributed by atoms with Crippen LogP contribution in [0.3, 0.4) is 0 Å². The van der Waals surface area contributed by atoms with Crippen molar-refractivity contribution in [2.24, 2.45) is 0 Å². The van der Waals surface area contributed by atoms with Crippen molar-refractivity contribution < 1.29 is 4.79 Å². The van der Waals surface area contributed by atoms with Crippen molar-refractivity contribution >= 4 is 11.7 Å². The van der Waals surface area contributed by atoms with Crippen molar-refractivity contribution in [1.82, 2.24) is 14.7 Å². The van der Waals surface area contributed by atoms with E-state index in [1.807, 2.05) is 12.3 Å². The Hall–Kier alpha value is -1.52. The highest BCUT2D eigenvalue weighted by molar-refractivity contribution is 5.75. The topological polar surface area (TPSA) is 50.2 Å². The lowest BCUT2D eigenvalue weighted by Crippen LogP contribution is -2.28. The lowest BCUT2D eigenvalue weighted by atomic mass is 9.93. The fourth-order valence-electron chi connectivity index (χ4n) is 1.57. The minimum absolute atomic E-state index is 0.0540. The Morgan fingerprint density at radius 1 is 1.62 bits per heavy atom. The molecule has 1 N–H and O–H groups in total. The van der Waals surface area contributed by atoms with Gasteiger partial charge in [0, 0.05) is 32.4 Å². The van der Waals surface area contributed by atoms with Gasteiger partial charge in [-0.15, -0.1) is 0 Å². The first-order valence-electron chi connectivity index (χ1n) is 5.65. The summed E-state index contributed by atoms with van der Waals surface area (Å²) in [5.74, 6) is 0.926. The van der Waals surface area contributed by atoms with Crippen LogP contribution >= 0.6 is 0 Å². The molecule has 1 heterocycles. The molecular formula is C11H18N4O. The van der Waals surface area contributed by atoms with Crippen molar-refractivity contribution in [3.63, 3.8) is 0 Å². The van der Waals surface area contributed by atoms with Gasteiger partial charge < -0.3 is 10.2 Å². The second kappa shape index (κ2) is 4.55. The van der Waals surface area contributed by atoms with Crippen LogP contribution in [0.1, 0.15) is 19.3 Å². The molecule has 1 aromatic rings. The Kier molecular flexibility index (Phi) is 3.12. The number of anilines is 1. The summed E-state index contributed by atoms with van der Waals surface area (Å²) in [5, 5.41) is 7.66. The summed E-state index contributed by atoms with van der Waals surface area (Å²) in [6.45, 7) is 0.305. The van der Waals surface area contributed by atoms with Gasteiger partial charge >= 0.3 is 0 Å². The molecule has 0 atom stereocenters. The number of carbonyl (C=O) groups is 1. The van der Waals surface area contributed by atoms with Gasteiger partial charge in [0.15, 0.2) is 0 Å². The molecule has 1 aliphatic rings. The molecule has 2 rings (SSSR count). The van der Waals surface area contributed by atoms with E-state index >= 15 is 0 Å². The summed E-state index contributed by atoms with van der Waals surface area (Å²) in [5.41, 5.74) is 0. The van der Waals surface area contributed by atoms with E-state index in [1.54, 1.807) is 23.7 Å². The van der Waals surface area contributed by atoms with Crippen molar-refractivity contribution in [3.05, 3.63) is 12.3 Å². The van der Waals surface area contributed by atoms with E-state index in [4.69, 9.17) is 0 Å². The molecule has 5 nitrogen and oxygen atoms in total. The standard InChI is InChI=1S/C11H18N4O/c1-14(2)11(16)8-15-7-6-10(13-15)12-9-4-3-5-9/h6-7,9H,3-5,8H2,1-2H3,(H,12,13). The van der Waals surface area contributed by atoms with Crippen LogP contribution in [0.4, 0.5) is 5.82 Å². The highest BCUT2D eigenvalue weighted by Crippen LogP contribution is 2.22. The van der Waals surface area contributed by atoms with Crippen LogP contribution in [-0.2, 0) is 11.3 Å². The first kappa shape index (κ1) is 11.0. The normalized spacial score (nSPS) is 15.6. The summed E-state index contributed by atoms with van der Waals surface area (Å²) >= 11 is 0. The fraction of sp³-hybridized carbons (Fsp3) is 0.636. The monoisotopic (exact) mass is 222 g/mol. The predicted octanol–water partition coefficient (Wildman–Crippen LogP) is 0.936. The molecule has 0 radical (unpaired) electrons. The molecule has 0 unspecified atom stereocenters. The van der Waals surface area contributed by atoms with E-state index in [-0.39, 0.29) is 5.91 Å². The van der Waals surface area contributed by atoms with Crippen LogP contribution in [0.25, 0.3) is 0 Å². The zero-order valence-corrected chi connectivity index (χ0v) is 9.81. The molecule has 1 fully saturated rings. The van der Waals surface area contributed by atoms with Crippen molar-refractivity contribution in [1.29, 1.82) is 0 Å². The fourth-order valence-corrected chi connectivity index (χ4v) is 1.57. The maximum Gasteiger partial charge on any atom is 0.243 e. The maximum absolute atomic E-state index is 11.5. The molecular weight excluding hydrogens is 204 g/mol. The molecule has 0 aliphatic heterocycles. The van der Waals surface area contributed by atoms with E-state index in [0.29, 0.717) is 12.6 Å². The Labute approximate surface area is 95.4 Å². The van der Waals surface area contributed by atoms with Crippen LogP contribution in [0, 0.1) is 0 Å². The van der Waals surface area contributed by atoms with E-state index < -0.39 is 0 Å². The Morgan fingerprint density at radius 2 is 2.38 bits per heavy atom. The maximum atomic E-state index is 11.5. The number of aromatic nitrogens is 2. The molecule has 16 heavy (non-hydrogen) atoms.